The van der Waals surface area contributed by atoms with Crippen LogP contribution in [0.2, 0.25) is 0 Å². The van der Waals surface area contributed by atoms with Crippen LogP contribution in [0.3, 0.4) is 0 Å². The van der Waals surface area contributed by atoms with E-state index in [0.717, 1.165) is 0 Å². The number of aliphatic carboxylic acids is 1. The van der Waals surface area contributed by atoms with E-state index in [2.05, 4.69) is 0 Å². The minimum atomic E-state index is -1.09. The van der Waals surface area contributed by atoms with Crippen LogP contribution in [-0.4, -0.2) is 81.3 Å². The normalized spacial score (nSPS) is 23.9. The maximum Gasteiger partial charge on any atom is 0.325 e. The second-order valence-electron chi connectivity index (χ2n) is 4.70. The lowest BCUT2D eigenvalue weighted by Crippen LogP contribution is -2.50. The van der Waals surface area contributed by atoms with E-state index < -0.39 is 11.5 Å². The summed E-state index contributed by atoms with van der Waals surface area (Å²) in [5.41, 5.74) is 4.68. The summed E-state index contributed by atoms with van der Waals surface area (Å²) in [5.74, 6) is -0.928. The molecular formula is C12H24N2O5. The SMILES string of the molecule is COCCOCCOCCN1CCC(N)(C(=O)O)C1. The third-order valence-corrected chi connectivity index (χ3v) is 3.16. The Morgan fingerprint density at radius 3 is 2.47 bits per heavy atom. The smallest absolute Gasteiger partial charge is 0.325 e. The minimum absolute atomic E-state index is 0.385. The predicted molar refractivity (Wildman–Crippen MR) is 69.1 cm³/mol. The topological polar surface area (TPSA) is 94.3 Å². The van der Waals surface area contributed by atoms with Gasteiger partial charge in [0.05, 0.1) is 33.0 Å². The molecule has 3 N–H and O–H groups in total. The molecule has 0 amide bonds. The van der Waals surface area contributed by atoms with Crippen LogP contribution in [0.5, 0.6) is 0 Å². The monoisotopic (exact) mass is 276 g/mol. The zero-order valence-electron chi connectivity index (χ0n) is 11.5. The summed E-state index contributed by atoms with van der Waals surface area (Å²) in [6.07, 6.45) is 0.489. The second kappa shape index (κ2) is 8.44. The molecule has 1 unspecified atom stereocenters. The Bertz CT molecular complexity index is 277. The van der Waals surface area contributed by atoms with Gasteiger partial charge in [0.2, 0.25) is 0 Å². The molecule has 1 aliphatic heterocycles. The quantitative estimate of drug-likeness (QED) is 0.502. The number of carboxylic acid groups (broad SMARTS) is 1. The largest absolute Gasteiger partial charge is 0.480 e. The van der Waals surface area contributed by atoms with Gasteiger partial charge in [-0.05, 0) is 6.42 Å². The van der Waals surface area contributed by atoms with E-state index in [0.29, 0.717) is 59.1 Å². The number of carboxylic acids is 1. The fourth-order valence-corrected chi connectivity index (χ4v) is 1.94. The number of hydrogen-bond donors (Lipinski definition) is 2. The van der Waals surface area contributed by atoms with Gasteiger partial charge in [-0.25, -0.2) is 0 Å². The summed E-state index contributed by atoms with van der Waals surface area (Å²) in [4.78, 5) is 13.0. The fraction of sp³-hybridized carbons (Fsp3) is 0.917. The number of likely N-dealkylation sites (tertiary alicyclic amines) is 1. The maximum absolute atomic E-state index is 11.0. The molecule has 112 valence electrons. The highest BCUT2D eigenvalue weighted by Gasteiger charge is 2.40. The van der Waals surface area contributed by atoms with Crippen molar-refractivity contribution in [2.45, 2.75) is 12.0 Å². The van der Waals surface area contributed by atoms with Gasteiger partial charge in [-0.2, -0.15) is 0 Å². The average molecular weight is 276 g/mol. The van der Waals surface area contributed by atoms with E-state index in [1.54, 1.807) is 7.11 Å². The lowest BCUT2D eigenvalue weighted by molar-refractivity contribution is -0.142. The number of nitrogens with two attached hydrogens (primary N) is 1. The summed E-state index contributed by atoms with van der Waals surface area (Å²) in [7, 11) is 1.63. The van der Waals surface area contributed by atoms with Crippen LogP contribution in [0.1, 0.15) is 6.42 Å². The lowest BCUT2D eigenvalue weighted by atomic mass is 10.0. The lowest BCUT2D eigenvalue weighted by Gasteiger charge is -2.19. The van der Waals surface area contributed by atoms with Gasteiger partial charge in [-0.3, -0.25) is 9.69 Å². The Labute approximate surface area is 113 Å². The highest BCUT2D eigenvalue weighted by Crippen LogP contribution is 2.18. The van der Waals surface area contributed by atoms with Crippen LogP contribution in [0.15, 0.2) is 0 Å². The van der Waals surface area contributed by atoms with Gasteiger partial charge in [0, 0.05) is 26.7 Å². The van der Waals surface area contributed by atoms with E-state index in [-0.39, 0.29) is 0 Å². The van der Waals surface area contributed by atoms with Gasteiger partial charge >= 0.3 is 5.97 Å². The number of nitrogens with zero attached hydrogens (tertiary/aromatic N) is 1. The highest BCUT2D eigenvalue weighted by molar-refractivity contribution is 5.79. The van der Waals surface area contributed by atoms with Crippen molar-refractivity contribution in [3.8, 4) is 0 Å². The van der Waals surface area contributed by atoms with E-state index in [4.69, 9.17) is 25.1 Å². The summed E-state index contributed by atoms with van der Waals surface area (Å²) in [5, 5.41) is 8.99. The molecule has 1 heterocycles. The van der Waals surface area contributed by atoms with Crippen molar-refractivity contribution in [2.24, 2.45) is 5.73 Å². The van der Waals surface area contributed by atoms with Crippen molar-refractivity contribution < 1.29 is 24.1 Å². The molecule has 0 saturated carbocycles. The Morgan fingerprint density at radius 2 is 1.89 bits per heavy atom. The molecule has 0 aromatic rings. The maximum atomic E-state index is 11.0. The van der Waals surface area contributed by atoms with Crippen LogP contribution in [-0.2, 0) is 19.0 Å². The van der Waals surface area contributed by atoms with Crippen LogP contribution in [0, 0.1) is 0 Å². The van der Waals surface area contributed by atoms with Crippen LogP contribution < -0.4 is 5.73 Å². The predicted octanol–water partition coefficient (Wildman–Crippen LogP) is -0.846. The van der Waals surface area contributed by atoms with E-state index >= 15 is 0 Å². The van der Waals surface area contributed by atoms with E-state index in [9.17, 15) is 4.79 Å². The number of hydrogen-bond acceptors (Lipinski definition) is 6. The van der Waals surface area contributed by atoms with Gasteiger partial charge in [0.25, 0.3) is 0 Å². The first kappa shape index (κ1) is 16.3. The summed E-state index contributed by atoms with van der Waals surface area (Å²) < 4.78 is 15.5. The van der Waals surface area contributed by atoms with Gasteiger partial charge in [0.15, 0.2) is 0 Å². The van der Waals surface area contributed by atoms with Gasteiger partial charge in [0.1, 0.15) is 5.54 Å². The van der Waals surface area contributed by atoms with Gasteiger partial charge in [-0.1, -0.05) is 0 Å². The molecule has 7 nitrogen and oxygen atoms in total. The average Bonchev–Trinajstić information content (AvgIpc) is 2.76. The number of carbonyl (C=O) groups is 1. The van der Waals surface area contributed by atoms with Gasteiger partial charge < -0.3 is 25.1 Å². The molecule has 1 aliphatic rings. The Kier molecular flexibility index (Phi) is 7.25. The fourth-order valence-electron chi connectivity index (χ4n) is 1.94. The molecule has 0 aromatic carbocycles. The summed E-state index contributed by atoms with van der Waals surface area (Å²) in [6, 6.07) is 0. The minimum Gasteiger partial charge on any atom is -0.480 e. The Balaban J connectivity index is 1.98. The zero-order valence-corrected chi connectivity index (χ0v) is 11.5. The molecule has 0 aliphatic carbocycles. The Morgan fingerprint density at radius 1 is 1.26 bits per heavy atom. The first-order chi connectivity index (χ1) is 9.08. The van der Waals surface area contributed by atoms with Crippen molar-refractivity contribution in [1.82, 2.24) is 4.90 Å². The number of rotatable bonds is 10. The second-order valence-corrected chi connectivity index (χ2v) is 4.70. The van der Waals surface area contributed by atoms with Crippen molar-refractivity contribution in [2.75, 3.05) is 59.8 Å². The van der Waals surface area contributed by atoms with Crippen LogP contribution in [0.25, 0.3) is 0 Å². The third kappa shape index (κ3) is 5.84. The number of ether oxygens (including phenoxy) is 3. The highest BCUT2D eigenvalue weighted by atomic mass is 16.5. The van der Waals surface area contributed by atoms with Crippen molar-refractivity contribution in [1.29, 1.82) is 0 Å². The molecule has 0 spiro atoms. The van der Waals surface area contributed by atoms with Crippen LogP contribution >= 0.6 is 0 Å². The zero-order chi connectivity index (χ0) is 14.1. The first-order valence-electron chi connectivity index (χ1n) is 6.47. The standard InChI is InChI=1S/C12H24N2O5/c1-17-6-7-19-9-8-18-5-4-14-3-2-12(13,10-14)11(15)16/h2-10,13H2,1H3,(H,15,16). The molecule has 0 aromatic heterocycles. The molecule has 1 atom stereocenters. The van der Waals surface area contributed by atoms with Crippen molar-refractivity contribution in [3.05, 3.63) is 0 Å². The summed E-state index contributed by atoms with van der Waals surface area (Å²) in [6.45, 7) is 4.57. The van der Waals surface area contributed by atoms with Crippen molar-refractivity contribution >= 4 is 5.97 Å². The summed E-state index contributed by atoms with van der Waals surface area (Å²) >= 11 is 0. The molecule has 0 radical (unpaired) electrons. The number of methoxy groups -OCH3 is 1. The van der Waals surface area contributed by atoms with Gasteiger partial charge in [-0.15, -0.1) is 0 Å². The van der Waals surface area contributed by atoms with Crippen molar-refractivity contribution in [3.63, 3.8) is 0 Å². The molecule has 0 bridgehead atoms. The van der Waals surface area contributed by atoms with E-state index in [1.807, 2.05) is 4.90 Å². The molecule has 1 saturated heterocycles. The third-order valence-electron chi connectivity index (χ3n) is 3.16. The molecular weight excluding hydrogens is 252 g/mol. The first-order valence-corrected chi connectivity index (χ1v) is 6.47. The molecule has 7 heteroatoms. The molecule has 19 heavy (non-hydrogen) atoms. The molecule has 1 fully saturated rings. The Hall–Kier alpha value is -0.730. The molecule has 1 rings (SSSR count). The van der Waals surface area contributed by atoms with Crippen LogP contribution in [0.4, 0.5) is 0 Å². The van der Waals surface area contributed by atoms with E-state index in [1.165, 1.54) is 0 Å².